The van der Waals surface area contributed by atoms with Crippen LogP contribution in [0, 0.1) is 0 Å². The Kier molecular flexibility index (Phi) is 3.59. The molecule has 3 amide bonds. The zero-order valence-electron chi connectivity index (χ0n) is 9.40. The largest absolute Gasteiger partial charge is 0.332 e. The molecule has 0 aromatic heterocycles. The lowest BCUT2D eigenvalue weighted by Crippen LogP contribution is -2.33. The Labute approximate surface area is 114 Å². The van der Waals surface area contributed by atoms with E-state index >= 15 is 0 Å². The summed E-state index contributed by atoms with van der Waals surface area (Å²) in [6.45, 7) is 3.88. The number of rotatable bonds is 3. The van der Waals surface area contributed by atoms with Gasteiger partial charge < -0.3 is 4.90 Å². The molecule has 4 nitrogen and oxygen atoms in total. The van der Waals surface area contributed by atoms with Gasteiger partial charge in [-0.15, -0.1) is 6.58 Å². The summed E-state index contributed by atoms with van der Waals surface area (Å²) >= 11 is 11.8. The molecule has 1 aromatic carbocycles. The van der Waals surface area contributed by atoms with E-state index in [2.05, 4.69) is 6.58 Å². The van der Waals surface area contributed by atoms with Gasteiger partial charge in [-0.2, -0.15) is 0 Å². The van der Waals surface area contributed by atoms with Crippen molar-refractivity contribution in [3.63, 3.8) is 0 Å². The molecule has 1 fully saturated rings. The lowest BCUT2D eigenvalue weighted by molar-refractivity contribution is -0.116. The fourth-order valence-electron chi connectivity index (χ4n) is 1.74. The fraction of sp³-hybridized carbons (Fsp3) is 0.167. The minimum Gasteiger partial charge on any atom is -0.311 e. The SMILES string of the molecule is C=CCN1CC(=O)N(c2cc(Cl)ccc2Cl)C1=O. The highest BCUT2D eigenvalue weighted by molar-refractivity contribution is 6.37. The van der Waals surface area contributed by atoms with Crippen LogP contribution < -0.4 is 4.90 Å². The molecule has 6 heteroatoms. The van der Waals surface area contributed by atoms with E-state index in [-0.39, 0.29) is 12.5 Å². The number of imide groups is 1. The van der Waals surface area contributed by atoms with Gasteiger partial charge in [0.15, 0.2) is 0 Å². The van der Waals surface area contributed by atoms with Crippen LogP contribution in [-0.2, 0) is 4.79 Å². The Morgan fingerprint density at radius 2 is 2.06 bits per heavy atom. The van der Waals surface area contributed by atoms with E-state index < -0.39 is 6.03 Å². The zero-order chi connectivity index (χ0) is 13.3. The predicted octanol–water partition coefficient (Wildman–Crippen LogP) is 2.95. The third-order valence-electron chi connectivity index (χ3n) is 2.54. The number of benzene rings is 1. The summed E-state index contributed by atoms with van der Waals surface area (Å²) in [7, 11) is 0. The van der Waals surface area contributed by atoms with Gasteiger partial charge in [0.1, 0.15) is 6.54 Å². The number of hydrogen-bond acceptors (Lipinski definition) is 2. The summed E-state index contributed by atoms with van der Waals surface area (Å²) in [4.78, 5) is 26.3. The third-order valence-corrected chi connectivity index (χ3v) is 3.09. The zero-order valence-corrected chi connectivity index (χ0v) is 10.9. The third kappa shape index (κ3) is 2.21. The highest BCUT2D eigenvalue weighted by Gasteiger charge is 2.37. The summed E-state index contributed by atoms with van der Waals surface area (Å²) in [5.74, 6) is -0.328. The van der Waals surface area contributed by atoms with Crippen LogP contribution >= 0.6 is 23.2 Å². The van der Waals surface area contributed by atoms with E-state index in [4.69, 9.17) is 23.2 Å². The maximum atomic E-state index is 12.1. The average molecular weight is 285 g/mol. The highest BCUT2D eigenvalue weighted by atomic mass is 35.5. The summed E-state index contributed by atoms with van der Waals surface area (Å²) < 4.78 is 0. The van der Waals surface area contributed by atoms with Gasteiger partial charge in [-0.05, 0) is 18.2 Å². The van der Waals surface area contributed by atoms with Gasteiger partial charge >= 0.3 is 6.03 Å². The monoisotopic (exact) mass is 284 g/mol. The van der Waals surface area contributed by atoms with Crippen LogP contribution in [0.15, 0.2) is 30.9 Å². The van der Waals surface area contributed by atoms with E-state index in [1.807, 2.05) is 0 Å². The minimum absolute atomic E-state index is 0.0215. The topological polar surface area (TPSA) is 40.6 Å². The molecule has 0 unspecified atom stereocenters. The van der Waals surface area contributed by atoms with E-state index in [0.717, 1.165) is 4.90 Å². The van der Waals surface area contributed by atoms with Gasteiger partial charge in [0.05, 0.1) is 10.7 Å². The second kappa shape index (κ2) is 5.00. The van der Waals surface area contributed by atoms with Gasteiger partial charge in [0.2, 0.25) is 0 Å². The quantitative estimate of drug-likeness (QED) is 0.633. The first-order valence-corrected chi connectivity index (χ1v) is 5.98. The molecule has 0 N–H and O–H groups in total. The summed E-state index contributed by atoms with van der Waals surface area (Å²) in [5, 5.41) is 0.721. The molecule has 0 spiro atoms. The maximum absolute atomic E-state index is 12.1. The van der Waals surface area contributed by atoms with Gasteiger partial charge in [-0.1, -0.05) is 29.3 Å². The van der Waals surface area contributed by atoms with Crippen LogP contribution in [0.4, 0.5) is 10.5 Å². The first-order valence-electron chi connectivity index (χ1n) is 5.22. The van der Waals surface area contributed by atoms with E-state index in [1.165, 1.54) is 11.0 Å². The number of carbonyl (C=O) groups excluding carboxylic acids is 2. The standard InChI is InChI=1S/C12H10Cl2N2O2/c1-2-5-15-7-11(17)16(12(15)18)10-6-8(13)3-4-9(10)14/h2-4,6H,1,5,7H2. The molecule has 1 heterocycles. The Bertz CT molecular complexity index is 531. The number of amides is 3. The van der Waals surface area contributed by atoms with Crippen LogP contribution in [-0.4, -0.2) is 29.9 Å². The lowest BCUT2D eigenvalue weighted by atomic mass is 10.3. The van der Waals surface area contributed by atoms with E-state index in [0.29, 0.717) is 22.3 Å². The molecule has 1 aliphatic rings. The molecular weight excluding hydrogens is 275 g/mol. The highest BCUT2D eigenvalue weighted by Crippen LogP contribution is 2.31. The first kappa shape index (κ1) is 12.9. The molecule has 0 bridgehead atoms. The molecule has 0 atom stereocenters. The van der Waals surface area contributed by atoms with E-state index in [9.17, 15) is 9.59 Å². The van der Waals surface area contributed by atoms with E-state index in [1.54, 1.807) is 18.2 Å². The maximum Gasteiger partial charge on any atom is 0.332 e. The first-order chi connectivity index (χ1) is 8.54. The van der Waals surface area contributed by atoms with Crippen molar-refractivity contribution in [3.05, 3.63) is 40.9 Å². The molecule has 0 aliphatic carbocycles. The lowest BCUT2D eigenvalue weighted by Gasteiger charge is -2.17. The molecule has 18 heavy (non-hydrogen) atoms. The van der Waals surface area contributed by atoms with Crippen molar-refractivity contribution < 1.29 is 9.59 Å². The second-order valence-corrected chi connectivity index (χ2v) is 4.62. The van der Waals surface area contributed by atoms with Crippen LogP contribution in [0.2, 0.25) is 10.0 Å². The molecule has 2 rings (SSSR count). The number of urea groups is 1. The Morgan fingerprint density at radius 1 is 1.33 bits per heavy atom. The molecule has 1 aliphatic heterocycles. The Hall–Kier alpha value is -1.52. The van der Waals surface area contributed by atoms with Crippen molar-refractivity contribution in [1.82, 2.24) is 4.90 Å². The van der Waals surface area contributed by atoms with Gasteiger partial charge in [0, 0.05) is 11.6 Å². The molecule has 94 valence electrons. The average Bonchev–Trinajstić information content (AvgIpc) is 2.59. The van der Waals surface area contributed by atoms with Crippen molar-refractivity contribution >= 4 is 40.8 Å². The van der Waals surface area contributed by atoms with Crippen LogP contribution in [0.1, 0.15) is 0 Å². The fourth-order valence-corrected chi connectivity index (χ4v) is 2.11. The van der Waals surface area contributed by atoms with Crippen LogP contribution in [0.25, 0.3) is 0 Å². The van der Waals surface area contributed by atoms with Crippen molar-refractivity contribution in [2.24, 2.45) is 0 Å². The number of anilines is 1. The Morgan fingerprint density at radius 3 is 2.72 bits per heavy atom. The second-order valence-electron chi connectivity index (χ2n) is 3.78. The van der Waals surface area contributed by atoms with Crippen molar-refractivity contribution in [1.29, 1.82) is 0 Å². The number of hydrogen-bond donors (Lipinski definition) is 0. The molecular formula is C12H10Cl2N2O2. The van der Waals surface area contributed by atoms with Gasteiger partial charge in [-0.3, -0.25) is 4.79 Å². The molecule has 1 aromatic rings. The molecule has 0 radical (unpaired) electrons. The number of carbonyl (C=O) groups is 2. The smallest absolute Gasteiger partial charge is 0.311 e. The number of nitrogens with zero attached hydrogens (tertiary/aromatic N) is 2. The summed E-state index contributed by atoms with van der Waals surface area (Å²) in [6.07, 6.45) is 1.56. The van der Waals surface area contributed by atoms with Crippen LogP contribution in [0.5, 0.6) is 0 Å². The molecule has 0 saturated carbocycles. The number of halogens is 2. The minimum atomic E-state index is -0.413. The van der Waals surface area contributed by atoms with Crippen molar-refractivity contribution in [2.45, 2.75) is 0 Å². The molecule has 1 saturated heterocycles. The summed E-state index contributed by atoms with van der Waals surface area (Å²) in [6, 6.07) is 4.23. The van der Waals surface area contributed by atoms with Crippen molar-refractivity contribution in [3.8, 4) is 0 Å². The van der Waals surface area contributed by atoms with Gasteiger partial charge in [-0.25, -0.2) is 9.69 Å². The predicted molar refractivity (Wildman–Crippen MR) is 71.1 cm³/mol. The van der Waals surface area contributed by atoms with Crippen LogP contribution in [0.3, 0.4) is 0 Å². The van der Waals surface area contributed by atoms with Gasteiger partial charge in [0.25, 0.3) is 5.91 Å². The Balaban J connectivity index is 2.38. The summed E-state index contributed by atoms with van der Waals surface area (Å²) in [5.41, 5.74) is 0.311. The normalized spacial score (nSPS) is 15.4. The van der Waals surface area contributed by atoms with Crippen molar-refractivity contribution in [2.75, 3.05) is 18.0 Å².